The van der Waals surface area contributed by atoms with E-state index in [1.165, 1.54) is 0 Å². The number of aromatic hydroxyl groups is 1. The molecule has 1 heterocycles. The number of phenolic OH excluding ortho intramolecular Hbond substituents is 1. The SMILES string of the molecule is CCCOC(=O)C1=C(C)NC2=C(C(=O)CCC2)[C@@H]1c1cc(Br)c(O)c(OCC)c1. The van der Waals surface area contributed by atoms with Crippen molar-refractivity contribution in [1.82, 2.24) is 5.32 Å². The highest BCUT2D eigenvalue weighted by atomic mass is 79.9. The van der Waals surface area contributed by atoms with Gasteiger partial charge in [0.2, 0.25) is 0 Å². The van der Waals surface area contributed by atoms with Gasteiger partial charge in [0.05, 0.1) is 23.3 Å². The Bertz CT molecular complexity index is 903. The van der Waals surface area contributed by atoms with Gasteiger partial charge < -0.3 is 19.9 Å². The molecule has 0 amide bonds. The lowest BCUT2D eigenvalue weighted by Gasteiger charge is -2.34. The van der Waals surface area contributed by atoms with Crippen molar-refractivity contribution in [2.24, 2.45) is 0 Å². The summed E-state index contributed by atoms with van der Waals surface area (Å²) in [5.41, 5.74) is 3.27. The summed E-state index contributed by atoms with van der Waals surface area (Å²) in [6.45, 7) is 6.28. The third kappa shape index (κ3) is 4.20. The molecule has 1 atom stereocenters. The minimum atomic E-state index is -0.570. The van der Waals surface area contributed by atoms with E-state index >= 15 is 0 Å². The minimum Gasteiger partial charge on any atom is -0.503 e. The number of ketones is 1. The smallest absolute Gasteiger partial charge is 0.336 e. The number of rotatable bonds is 6. The number of halogens is 1. The van der Waals surface area contributed by atoms with Gasteiger partial charge in [-0.25, -0.2) is 4.79 Å². The van der Waals surface area contributed by atoms with Crippen LogP contribution in [0.25, 0.3) is 0 Å². The molecule has 6 nitrogen and oxygen atoms in total. The Morgan fingerprint density at radius 3 is 2.76 bits per heavy atom. The van der Waals surface area contributed by atoms with Crippen molar-refractivity contribution >= 4 is 27.7 Å². The van der Waals surface area contributed by atoms with E-state index in [0.717, 1.165) is 18.5 Å². The number of allylic oxidation sites excluding steroid dienone is 3. The lowest BCUT2D eigenvalue weighted by Crippen LogP contribution is -2.34. The molecule has 1 aromatic carbocycles. The van der Waals surface area contributed by atoms with Crippen LogP contribution in [0.2, 0.25) is 0 Å². The molecule has 156 valence electrons. The minimum absolute atomic E-state index is 0.00970. The van der Waals surface area contributed by atoms with Crippen LogP contribution in [0.1, 0.15) is 57.9 Å². The first-order chi connectivity index (χ1) is 13.9. The third-order valence-corrected chi connectivity index (χ3v) is 5.72. The molecular weight excluding hydrogens is 438 g/mol. The van der Waals surface area contributed by atoms with Gasteiger partial charge in [0, 0.05) is 29.3 Å². The zero-order valence-corrected chi connectivity index (χ0v) is 18.5. The second-order valence-corrected chi connectivity index (χ2v) is 8.04. The monoisotopic (exact) mass is 463 g/mol. The Morgan fingerprint density at radius 2 is 2.07 bits per heavy atom. The lowest BCUT2D eigenvalue weighted by atomic mass is 9.75. The molecule has 0 unspecified atom stereocenters. The van der Waals surface area contributed by atoms with Gasteiger partial charge in [-0.05, 0) is 66.7 Å². The number of phenols is 1. The maximum absolute atomic E-state index is 12.9. The molecule has 1 aliphatic carbocycles. The van der Waals surface area contributed by atoms with Crippen LogP contribution >= 0.6 is 15.9 Å². The number of hydrogen-bond donors (Lipinski definition) is 2. The van der Waals surface area contributed by atoms with E-state index in [-0.39, 0.29) is 11.5 Å². The number of benzene rings is 1. The third-order valence-electron chi connectivity index (χ3n) is 5.12. The van der Waals surface area contributed by atoms with Crippen molar-refractivity contribution in [2.45, 2.75) is 52.4 Å². The van der Waals surface area contributed by atoms with Gasteiger partial charge in [-0.15, -0.1) is 0 Å². The van der Waals surface area contributed by atoms with Crippen molar-refractivity contribution < 1.29 is 24.2 Å². The van der Waals surface area contributed by atoms with Crippen molar-refractivity contribution in [2.75, 3.05) is 13.2 Å². The summed E-state index contributed by atoms with van der Waals surface area (Å²) in [5, 5.41) is 13.6. The van der Waals surface area contributed by atoms with Crippen LogP contribution in [0.3, 0.4) is 0 Å². The van der Waals surface area contributed by atoms with Crippen LogP contribution in [0.4, 0.5) is 0 Å². The van der Waals surface area contributed by atoms with Crippen LogP contribution in [0, 0.1) is 0 Å². The van der Waals surface area contributed by atoms with E-state index in [0.29, 0.717) is 58.7 Å². The van der Waals surface area contributed by atoms with E-state index in [1.807, 2.05) is 20.8 Å². The highest BCUT2D eigenvalue weighted by Crippen LogP contribution is 2.46. The van der Waals surface area contributed by atoms with Crippen molar-refractivity contribution in [1.29, 1.82) is 0 Å². The van der Waals surface area contributed by atoms with Crippen LogP contribution in [-0.4, -0.2) is 30.1 Å². The number of dihydropyridines is 1. The first-order valence-electron chi connectivity index (χ1n) is 9.95. The van der Waals surface area contributed by atoms with E-state index < -0.39 is 11.9 Å². The number of hydrogen-bond acceptors (Lipinski definition) is 6. The number of nitrogens with one attached hydrogen (secondary N) is 1. The number of esters is 1. The number of carbonyl (C=O) groups excluding carboxylic acids is 2. The summed E-state index contributed by atoms with van der Waals surface area (Å²) >= 11 is 3.37. The fourth-order valence-electron chi connectivity index (χ4n) is 3.89. The zero-order valence-electron chi connectivity index (χ0n) is 16.9. The molecule has 0 radical (unpaired) electrons. The van der Waals surface area contributed by atoms with E-state index in [9.17, 15) is 14.7 Å². The number of carbonyl (C=O) groups is 2. The van der Waals surface area contributed by atoms with Gasteiger partial charge in [0.25, 0.3) is 0 Å². The molecule has 0 fully saturated rings. The first kappa shape index (κ1) is 21.4. The zero-order chi connectivity index (χ0) is 21.1. The Balaban J connectivity index is 2.18. The summed E-state index contributed by atoms with van der Waals surface area (Å²) < 4.78 is 11.5. The van der Waals surface area contributed by atoms with Gasteiger partial charge >= 0.3 is 5.97 Å². The quantitative estimate of drug-likeness (QED) is 0.605. The molecule has 29 heavy (non-hydrogen) atoms. The van der Waals surface area contributed by atoms with Crippen molar-refractivity contribution in [3.05, 3.63) is 44.7 Å². The second-order valence-electron chi connectivity index (χ2n) is 7.18. The standard InChI is InChI=1S/C22H26BrNO5/c1-4-9-29-22(27)18-12(3)24-15-7-6-8-16(25)20(15)19(18)13-10-14(23)21(26)17(11-13)28-5-2/h10-11,19,24,26H,4-9H2,1-3H3/t19-/m1/s1. The van der Waals surface area contributed by atoms with Gasteiger partial charge in [-0.2, -0.15) is 0 Å². The van der Waals surface area contributed by atoms with Gasteiger partial charge in [0.15, 0.2) is 17.3 Å². The largest absolute Gasteiger partial charge is 0.503 e. The molecule has 0 saturated heterocycles. The lowest BCUT2D eigenvalue weighted by molar-refractivity contribution is -0.139. The fraction of sp³-hybridized carbons (Fsp3) is 0.455. The van der Waals surface area contributed by atoms with Crippen LogP contribution in [-0.2, 0) is 14.3 Å². The van der Waals surface area contributed by atoms with Gasteiger partial charge in [-0.3, -0.25) is 4.79 Å². The first-order valence-corrected chi connectivity index (χ1v) is 10.7. The van der Waals surface area contributed by atoms with E-state index in [2.05, 4.69) is 21.2 Å². The summed E-state index contributed by atoms with van der Waals surface area (Å²) in [5.74, 6) is -0.683. The molecule has 0 bridgehead atoms. The average Bonchev–Trinajstić information content (AvgIpc) is 2.68. The van der Waals surface area contributed by atoms with E-state index in [1.54, 1.807) is 12.1 Å². The molecule has 7 heteroatoms. The molecular formula is C22H26BrNO5. The van der Waals surface area contributed by atoms with Crippen LogP contribution in [0.5, 0.6) is 11.5 Å². The predicted octanol–water partition coefficient (Wildman–Crippen LogP) is 4.47. The van der Waals surface area contributed by atoms with Crippen LogP contribution in [0.15, 0.2) is 39.1 Å². The maximum Gasteiger partial charge on any atom is 0.336 e. The molecule has 0 spiro atoms. The normalized spacial score (nSPS) is 19.0. The Kier molecular flexibility index (Phi) is 6.67. The highest BCUT2D eigenvalue weighted by Gasteiger charge is 2.39. The number of Topliss-reactive ketones (excluding diaryl/α,β-unsaturated/α-hetero) is 1. The summed E-state index contributed by atoms with van der Waals surface area (Å²) in [7, 11) is 0. The molecule has 2 aliphatic rings. The molecule has 3 rings (SSSR count). The topological polar surface area (TPSA) is 84.9 Å². The second kappa shape index (κ2) is 9.03. The molecule has 0 aromatic heterocycles. The Morgan fingerprint density at radius 1 is 1.31 bits per heavy atom. The fourth-order valence-corrected chi connectivity index (χ4v) is 4.35. The average molecular weight is 464 g/mol. The summed E-state index contributed by atoms with van der Waals surface area (Å²) in [4.78, 5) is 25.8. The van der Waals surface area contributed by atoms with Crippen molar-refractivity contribution in [3.63, 3.8) is 0 Å². The van der Waals surface area contributed by atoms with Crippen LogP contribution < -0.4 is 10.1 Å². The number of ether oxygens (including phenoxy) is 2. The van der Waals surface area contributed by atoms with Gasteiger partial charge in [-0.1, -0.05) is 6.92 Å². The Hall–Kier alpha value is -2.28. The van der Waals surface area contributed by atoms with E-state index in [4.69, 9.17) is 9.47 Å². The molecule has 2 N–H and O–H groups in total. The molecule has 0 saturated carbocycles. The predicted molar refractivity (Wildman–Crippen MR) is 113 cm³/mol. The summed E-state index contributed by atoms with van der Waals surface area (Å²) in [6.07, 6.45) is 2.70. The highest BCUT2D eigenvalue weighted by molar-refractivity contribution is 9.10. The Labute approximate surface area is 179 Å². The molecule has 1 aliphatic heterocycles. The van der Waals surface area contributed by atoms with Crippen molar-refractivity contribution in [3.8, 4) is 11.5 Å². The van der Waals surface area contributed by atoms with Gasteiger partial charge in [0.1, 0.15) is 0 Å². The maximum atomic E-state index is 12.9. The molecule has 1 aromatic rings. The summed E-state index contributed by atoms with van der Waals surface area (Å²) in [6, 6.07) is 3.44.